The van der Waals surface area contributed by atoms with E-state index in [-0.39, 0.29) is 29.6 Å². The van der Waals surface area contributed by atoms with E-state index in [0.29, 0.717) is 12.3 Å². The van der Waals surface area contributed by atoms with Crippen molar-refractivity contribution in [2.45, 2.75) is 37.1 Å². The molecule has 0 saturated carbocycles. The predicted molar refractivity (Wildman–Crippen MR) is 86.6 cm³/mol. The van der Waals surface area contributed by atoms with E-state index in [1.54, 1.807) is 24.3 Å². The van der Waals surface area contributed by atoms with Gasteiger partial charge in [-0.1, -0.05) is 13.8 Å². The maximum absolute atomic E-state index is 11.7. The Balaban J connectivity index is 0.00000361. The van der Waals surface area contributed by atoms with Crippen molar-refractivity contribution in [3.8, 4) is 5.75 Å². The number of benzene rings is 1. The van der Waals surface area contributed by atoms with E-state index in [9.17, 15) is 4.79 Å². The lowest BCUT2D eigenvalue weighted by Gasteiger charge is -2.26. The molecule has 6 heteroatoms. The first-order valence-electron chi connectivity index (χ1n) is 6.46. The second-order valence-corrected chi connectivity index (χ2v) is 5.68. The average molecular weight is 319 g/mol. The summed E-state index contributed by atoms with van der Waals surface area (Å²) in [5.74, 6) is 0.566. The van der Waals surface area contributed by atoms with E-state index in [1.807, 2.05) is 13.8 Å². The van der Waals surface area contributed by atoms with Gasteiger partial charge in [0.25, 0.3) is 0 Å². The summed E-state index contributed by atoms with van der Waals surface area (Å²) in [6.07, 6.45) is 1.68. The van der Waals surface area contributed by atoms with Gasteiger partial charge >= 0.3 is 0 Å². The van der Waals surface area contributed by atoms with Crippen LogP contribution >= 0.6 is 24.2 Å². The fraction of sp³-hybridized carbons (Fsp3) is 0.500. The predicted octanol–water partition coefficient (Wildman–Crippen LogP) is 2.54. The van der Waals surface area contributed by atoms with Crippen LogP contribution in [-0.2, 0) is 4.79 Å². The van der Waals surface area contributed by atoms with Gasteiger partial charge in [0.1, 0.15) is 5.75 Å². The highest BCUT2D eigenvalue weighted by Crippen LogP contribution is 2.20. The molecular weight excluding hydrogens is 296 g/mol. The number of nitrogens with two attached hydrogens (primary N) is 1. The van der Waals surface area contributed by atoms with Gasteiger partial charge in [-0.15, -0.1) is 24.2 Å². The van der Waals surface area contributed by atoms with Crippen LogP contribution in [0, 0.1) is 0 Å². The van der Waals surface area contributed by atoms with Crippen molar-refractivity contribution in [1.82, 2.24) is 5.32 Å². The monoisotopic (exact) mass is 318 g/mol. The summed E-state index contributed by atoms with van der Waals surface area (Å²) < 4.78 is 0. The summed E-state index contributed by atoms with van der Waals surface area (Å²) in [5, 5.41) is 12.0. The minimum Gasteiger partial charge on any atom is -0.508 e. The van der Waals surface area contributed by atoms with Crippen molar-refractivity contribution in [2.75, 3.05) is 12.3 Å². The zero-order valence-electron chi connectivity index (χ0n) is 11.9. The summed E-state index contributed by atoms with van der Waals surface area (Å²) in [4.78, 5) is 12.7. The van der Waals surface area contributed by atoms with Crippen molar-refractivity contribution in [2.24, 2.45) is 5.73 Å². The third-order valence-corrected chi connectivity index (χ3v) is 4.26. The molecule has 0 aliphatic carbocycles. The molecule has 4 nitrogen and oxygen atoms in total. The molecule has 0 unspecified atom stereocenters. The van der Waals surface area contributed by atoms with Crippen molar-refractivity contribution >= 4 is 30.1 Å². The van der Waals surface area contributed by atoms with Crippen LogP contribution in [0.4, 0.5) is 0 Å². The SMILES string of the molecule is CCC(N)(CC)CNC(=O)CSc1ccc(O)cc1.Cl. The van der Waals surface area contributed by atoms with Gasteiger partial charge in [-0.05, 0) is 37.1 Å². The Morgan fingerprint density at radius 2 is 1.85 bits per heavy atom. The van der Waals surface area contributed by atoms with Crippen LogP contribution in [-0.4, -0.2) is 28.9 Å². The Morgan fingerprint density at radius 1 is 1.30 bits per heavy atom. The van der Waals surface area contributed by atoms with Crippen LogP contribution in [0.2, 0.25) is 0 Å². The third kappa shape index (κ3) is 6.50. The minimum atomic E-state index is -0.307. The lowest BCUT2D eigenvalue weighted by molar-refractivity contribution is -0.118. The second kappa shape index (κ2) is 9.10. The number of halogens is 1. The van der Waals surface area contributed by atoms with E-state index in [4.69, 9.17) is 10.8 Å². The fourth-order valence-corrected chi connectivity index (χ4v) is 2.25. The zero-order chi connectivity index (χ0) is 14.3. The largest absolute Gasteiger partial charge is 0.508 e. The van der Waals surface area contributed by atoms with E-state index in [1.165, 1.54) is 11.8 Å². The molecule has 0 fully saturated rings. The summed E-state index contributed by atoms with van der Waals surface area (Å²) in [6, 6.07) is 6.80. The minimum absolute atomic E-state index is 0. The molecule has 4 N–H and O–H groups in total. The molecule has 0 bridgehead atoms. The molecule has 0 radical (unpaired) electrons. The highest BCUT2D eigenvalue weighted by Gasteiger charge is 2.20. The molecule has 0 aromatic heterocycles. The molecule has 1 amide bonds. The summed E-state index contributed by atoms with van der Waals surface area (Å²) >= 11 is 1.44. The first-order valence-corrected chi connectivity index (χ1v) is 7.45. The van der Waals surface area contributed by atoms with Crippen LogP contribution in [0.1, 0.15) is 26.7 Å². The van der Waals surface area contributed by atoms with Crippen molar-refractivity contribution in [1.29, 1.82) is 0 Å². The van der Waals surface area contributed by atoms with Crippen LogP contribution < -0.4 is 11.1 Å². The summed E-state index contributed by atoms with van der Waals surface area (Å²) in [5.41, 5.74) is 5.81. The molecule has 0 aliphatic heterocycles. The first kappa shape index (κ1) is 19.1. The lowest BCUT2D eigenvalue weighted by Crippen LogP contribution is -2.49. The smallest absolute Gasteiger partial charge is 0.230 e. The highest BCUT2D eigenvalue weighted by molar-refractivity contribution is 8.00. The van der Waals surface area contributed by atoms with Gasteiger partial charge in [-0.3, -0.25) is 4.79 Å². The molecular formula is C14H23ClN2O2S. The molecule has 0 aliphatic rings. The molecule has 1 rings (SSSR count). The number of carbonyl (C=O) groups is 1. The Bertz CT molecular complexity index is 408. The molecule has 0 saturated heterocycles. The van der Waals surface area contributed by atoms with Gasteiger partial charge in [0.05, 0.1) is 5.75 Å². The number of hydrogen-bond acceptors (Lipinski definition) is 4. The van der Waals surface area contributed by atoms with E-state index < -0.39 is 0 Å². The highest BCUT2D eigenvalue weighted by atomic mass is 35.5. The summed E-state index contributed by atoms with van der Waals surface area (Å²) in [6.45, 7) is 4.57. The van der Waals surface area contributed by atoms with Crippen LogP contribution in [0.5, 0.6) is 5.75 Å². The number of phenolic OH excluding ortho intramolecular Hbond substituents is 1. The standard InChI is InChI=1S/C14H22N2O2S.ClH/c1-3-14(15,4-2)10-16-13(18)9-19-12-7-5-11(17)6-8-12;/h5-8,17H,3-4,9-10,15H2,1-2H3,(H,16,18);1H. The number of aromatic hydroxyl groups is 1. The molecule has 1 aromatic carbocycles. The normalized spacial score (nSPS) is 10.8. The topological polar surface area (TPSA) is 75.3 Å². The van der Waals surface area contributed by atoms with E-state index >= 15 is 0 Å². The van der Waals surface area contributed by atoms with Crippen LogP contribution in [0.3, 0.4) is 0 Å². The second-order valence-electron chi connectivity index (χ2n) is 4.63. The maximum Gasteiger partial charge on any atom is 0.230 e. The van der Waals surface area contributed by atoms with Gasteiger partial charge in [-0.25, -0.2) is 0 Å². The quantitative estimate of drug-likeness (QED) is 0.675. The number of thioether (sulfide) groups is 1. The zero-order valence-corrected chi connectivity index (χ0v) is 13.5. The number of amides is 1. The fourth-order valence-electron chi connectivity index (χ4n) is 1.52. The Morgan fingerprint density at radius 3 is 2.35 bits per heavy atom. The Labute approximate surface area is 130 Å². The number of nitrogens with one attached hydrogen (secondary N) is 1. The van der Waals surface area contributed by atoms with Crippen LogP contribution in [0.15, 0.2) is 29.2 Å². The number of hydrogen-bond donors (Lipinski definition) is 3. The lowest BCUT2D eigenvalue weighted by atomic mass is 9.94. The van der Waals surface area contributed by atoms with Crippen molar-refractivity contribution in [3.05, 3.63) is 24.3 Å². The van der Waals surface area contributed by atoms with E-state index in [0.717, 1.165) is 17.7 Å². The number of phenols is 1. The van der Waals surface area contributed by atoms with Gasteiger partial charge in [0, 0.05) is 17.0 Å². The Kier molecular flexibility index (Phi) is 8.69. The molecule has 0 spiro atoms. The maximum atomic E-state index is 11.7. The first-order chi connectivity index (χ1) is 8.99. The molecule has 0 heterocycles. The van der Waals surface area contributed by atoms with Crippen molar-refractivity contribution < 1.29 is 9.90 Å². The molecule has 20 heavy (non-hydrogen) atoms. The van der Waals surface area contributed by atoms with Crippen LogP contribution in [0.25, 0.3) is 0 Å². The Hall–Kier alpha value is -0.910. The van der Waals surface area contributed by atoms with Gasteiger partial charge in [0.2, 0.25) is 5.91 Å². The summed E-state index contributed by atoms with van der Waals surface area (Å²) in [7, 11) is 0. The van der Waals surface area contributed by atoms with Gasteiger partial charge in [-0.2, -0.15) is 0 Å². The molecule has 1 aromatic rings. The number of carbonyl (C=O) groups excluding carboxylic acids is 1. The van der Waals surface area contributed by atoms with E-state index in [2.05, 4.69) is 5.32 Å². The van der Waals surface area contributed by atoms with Gasteiger partial charge < -0.3 is 16.2 Å². The van der Waals surface area contributed by atoms with Crippen molar-refractivity contribution in [3.63, 3.8) is 0 Å². The average Bonchev–Trinajstić information content (AvgIpc) is 2.44. The third-order valence-electron chi connectivity index (χ3n) is 3.25. The number of rotatable bonds is 7. The molecule has 0 atom stereocenters. The van der Waals surface area contributed by atoms with Gasteiger partial charge in [0.15, 0.2) is 0 Å². The molecule has 114 valence electrons.